The van der Waals surface area contributed by atoms with Crippen LogP contribution in [-0.4, -0.2) is 0 Å². The van der Waals surface area contributed by atoms with Gasteiger partial charge in [0.05, 0.1) is 11.4 Å². The van der Waals surface area contributed by atoms with Crippen molar-refractivity contribution in [3.8, 4) is 0 Å². The fraction of sp³-hybridized carbons (Fsp3) is 0.0526. The molecule has 0 aliphatic rings. The molecule has 0 saturated carbocycles. The number of hydrogen-bond acceptors (Lipinski definition) is 3. The van der Waals surface area contributed by atoms with Crippen molar-refractivity contribution in [1.29, 1.82) is 0 Å². The molecular weight excluding hydrogens is 270 g/mol. The Morgan fingerprint density at radius 1 is 0.636 bits per heavy atom. The second kappa shape index (κ2) is 6.68. The Balaban J connectivity index is 1.71. The highest BCUT2D eigenvalue weighted by atomic mass is 15.1. The summed E-state index contributed by atoms with van der Waals surface area (Å²) in [6.07, 6.45) is 0. The average molecular weight is 287 g/mol. The van der Waals surface area contributed by atoms with Crippen LogP contribution in [0.25, 0.3) is 0 Å². The van der Waals surface area contributed by atoms with Gasteiger partial charge in [-0.3, -0.25) is 0 Å². The maximum atomic E-state index is 4.29. The predicted molar refractivity (Wildman–Crippen MR) is 91.5 cm³/mol. The van der Waals surface area contributed by atoms with Crippen LogP contribution in [0.2, 0.25) is 0 Å². The molecule has 3 aromatic rings. The molecule has 0 saturated heterocycles. The van der Waals surface area contributed by atoms with E-state index in [1.807, 2.05) is 85.8 Å². The summed E-state index contributed by atoms with van der Waals surface area (Å²) in [5, 5.41) is 11.9. The summed E-state index contributed by atoms with van der Waals surface area (Å²) in [4.78, 5) is 0. The van der Waals surface area contributed by atoms with Crippen molar-refractivity contribution in [3.05, 3.63) is 84.4 Å². The average Bonchev–Trinajstić information content (AvgIpc) is 2.56. The lowest BCUT2D eigenvalue weighted by Crippen LogP contribution is -1.88. The second-order valence-electron chi connectivity index (χ2n) is 5.02. The molecule has 0 spiro atoms. The highest BCUT2D eigenvalue weighted by Crippen LogP contribution is 2.23. The summed E-state index contributed by atoms with van der Waals surface area (Å²) in [6, 6.07) is 25.9. The minimum Gasteiger partial charge on any atom is -0.356 e. The van der Waals surface area contributed by atoms with Crippen molar-refractivity contribution in [2.24, 2.45) is 10.2 Å². The number of anilines is 2. The number of hydrogen-bond donors (Lipinski definition) is 1. The van der Waals surface area contributed by atoms with Crippen LogP contribution in [-0.2, 0) is 0 Å². The van der Waals surface area contributed by atoms with E-state index in [0.717, 1.165) is 28.3 Å². The van der Waals surface area contributed by atoms with E-state index >= 15 is 0 Å². The monoisotopic (exact) mass is 287 g/mol. The van der Waals surface area contributed by atoms with E-state index in [4.69, 9.17) is 0 Å². The van der Waals surface area contributed by atoms with Crippen LogP contribution >= 0.6 is 0 Å². The molecule has 3 nitrogen and oxygen atoms in total. The molecule has 3 rings (SSSR count). The van der Waals surface area contributed by atoms with Crippen molar-refractivity contribution in [3.63, 3.8) is 0 Å². The van der Waals surface area contributed by atoms with E-state index in [9.17, 15) is 0 Å². The van der Waals surface area contributed by atoms with Gasteiger partial charge in [0.15, 0.2) is 0 Å². The Morgan fingerprint density at radius 2 is 1.27 bits per heavy atom. The number of para-hydroxylation sites is 1. The molecule has 0 amide bonds. The maximum Gasteiger partial charge on any atom is 0.0886 e. The van der Waals surface area contributed by atoms with Crippen LogP contribution in [0, 0.1) is 6.92 Å². The molecule has 22 heavy (non-hydrogen) atoms. The van der Waals surface area contributed by atoms with Gasteiger partial charge in [0, 0.05) is 11.4 Å². The fourth-order valence-electron chi connectivity index (χ4n) is 2.09. The summed E-state index contributed by atoms with van der Waals surface area (Å²) < 4.78 is 0. The van der Waals surface area contributed by atoms with E-state index < -0.39 is 0 Å². The van der Waals surface area contributed by atoms with Crippen LogP contribution in [0.15, 0.2) is 89.1 Å². The molecule has 0 unspecified atom stereocenters. The first-order chi connectivity index (χ1) is 10.8. The quantitative estimate of drug-likeness (QED) is 0.574. The van der Waals surface area contributed by atoms with E-state index in [-0.39, 0.29) is 0 Å². The third-order valence-electron chi connectivity index (χ3n) is 3.32. The lowest BCUT2D eigenvalue weighted by atomic mass is 10.2. The molecule has 0 aliphatic heterocycles. The Morgan fingerprint density at radius 3 is 2.00 bits per heavy atom. The molecule has 0 aliphatic carbocycles. The van der Waals surface area contributed by atoms with Crippen LogP contribution < -0.4 is 5.32 Å². The smallest absolute Gasteiger partial charge is 0.0886 e. The van der Waals surface area contributed by atoms with Crippen molar-refractivity contribution in [2.45, 2.75) is 6.92 Å². The molecule has 108 valence electrons. The largest absolute Gasteiger partial charge is 0.356 e. The van der Waals surface area contributed by atoms with Crippen molar-refractivity contribution in [2.75, 3.05) is 5.32 Å². The first-order valence-corrected chi connectivity index (χ1v) is 7.21. The fourth-order valence-corrected chi connectivity index (χ4v) is 2.09. The first-order valence-electron chi connectivity index (χ1n) is 7.21. The third-order valence-corrected chi connectivity index (χ3v) is 3.32. The van der Waals surface area contributed by atoms with E-state index in [1.54, 1.807) is 0 Å². The Kier molecular flexibility index (Phi) is 4.25. The molecule has 0 heterocycles. The van der Waals surface area contributed by atoms with Crippen LogP contribution in [0.4, 0.5) is 22.7 Å². The summed E-state index contributed by atoms with van der Waals surface area (Å²) in [5.41, 5.74) is 4.95. The van der Waals surface area contributed by atoms with Crippen LogP contribution in [0.5, 0.6) is 0 Å². The minimum atomic E-state index is 0.835. The number of nitrogens with one attached hydrogen (secondary N) is 1. The molecule has 0 aromatic heterocycles. The molecule has 3 heteroatoms. The summed E-state index contributed by atoms with van der Waals surface area (Å²) >= 11 is 0. The third kappa shape index (κ3) is 3.58. The Hall–Kier alpha value is -2.94. The van der Waals surface area contributed by atoms with Crippen molar-refractivity contribution >= 4 is 22.7 Å². The van der Waals surface area contributed by atoms with Crippen molar-refractivity contribution in [1.82, 2.24) is 0 Å². The number of rotatable bonds is 4. The van der Waals surface area contributed by atoms with Gasteiger partial charge < -0.3 is 5.32 Å². The lowest BCUT2D eigenvalue weighted by molar-refractivity contribution is 1.21. The van der Waals surface area contributed by atoms with Crippen molar-refractivity contribution < 1.29 is 0 Å². The first kappa shape index (κ1) is 14.0. The zero-order valence-corrected chi connectivity index (χ0v) is 12.4. The highest BCUT2D eigenvalue weighted by Gasteiger charge is 1.96. The molecule has 1 N–H and O–H groups in total. The standard InChI is InChI=1S/C19H17N3/c1-15-7-5-6-10-19(15)22-21-18-13-11-17(12-14-18)20-16-8-3-2-4-9-16/h2-14,20H,1H3. The zero-order chi connectivity index (χ0) is 15.2. The SMILES string of the molecule is Cc1ccccc1N=Nc1ccc(Nc2ccccc2)cc1. The Labute approximate surface area is 130 Å². The molecule has 0 radical (unpaired) electrons. The Bertz CT molecular complexity index is 762. The van der Waals surface area contributed by atoms with Crippen LogP contribution in [0.1, 0.15) is 5.56 Å². The van der Waals surface area contributed by atoms with Gasteiger partial charge in [0.1, 0.15) is 0 Å². The van der Waals surface area contributed by atoms with Gasteiger partial charge in [0.2, 0.25) is 0 Å². The number of nitrogens with zero attached hydrogens (tertiary/aromatic N) is 2. The van der Waals surface area contributed by atoms with E-state index in [0.29, 0.717) is 0 Å². The maximum absolute atomic E-state index is 4.29. The molecule has 3 aromatic carbocycles. The summed E-state index contributed by atoms with van der Waals surface area (Å²) in [6.45, 7) is 2.03. The molecule has 0 atom stereocenters. The van der Waals surface area contributed by atoms with Gasteiger partial charge in [-0.05, 0) is 55.0 Å². The lowest BCUT2D eigenvalue weighted by Gasteiger charge is -2.05. The van der Waals surface area contributed by atoms with Gasteiger partial charge in [-0.2, -0.15) is 10.2 Å². The van der Waals surface area contributed by atoms with Gasteiger partial charge in [-0.1, -0.05) is 36.4 Å². The van der Waals surface area contributed by atoms with E-state index in [1.165, 1.54) is 0 Å². The summed E-state index contributed by atoms with van der Waals surface area (Å²) in [5.74, 6) is 0. The number of benzene rings is 3. The van der Waals surface area contributed by atoms with Gasteiger partial charge >= 0.3 is 0 Å². The molecule has 0 fully saturated rings. The van der Waals surface area contributed by atoms with Gasteiger partial charge in [-0.25, -0.2) is 0 Å². The minimum absolute atomic E-state index is 0.835. The summed E-state index contributed by atoms with van der Waals surface area (Å²) in [7, 11) is 0. The molecule has 0 bridgehead atoms. The van der Waals surface area contributed by atoms with Gasteiger partial charge in [-0.15, -0.1) is 0 Å². The van der Waals surface area contributed by atoms with E-state index in [2.05, 4.69) is 15.5 Å². The van der Waals surface area contributed by atoms with Gasteiger partial charge in [0.25, 0.3) is 0 Å². The number of aryl methyl sites for hydroxylation is 1. The second-order valence-corrected chi connectivity index (χ2v) is 5.02. The zero-order valence-electron chi connectivity index (χ0n) is 12.4. The normalized spacial score (nSPS) is 10.8. The predicted octanol–water partition coefficient (Wildman–Crippen LogP) is 6.15. The molecular formula is C19H17N3. The van der Waals surface area contributed by atoms with Crippen LogP contribution in [0.3, 0.4) is 0 Å². The topological polar surface area (TPSA) is 36.8 Å². The number of azo groups is 1. The highest BCUT2D eigenvalue weighted by molar-refractivity contribution is 5.61.